The number of rotatable bonds is 5. The first kappa shape index (κ1) is 19.6. The standard InChI is InChI=1S/C21H26N2O3S/c1-5-23-9-8-16-17(12-23)27-20(19(16)21(25)26-4)22-18(24)11-15-7-6-13(2)10-14(15)3/h6-7,10H,5,8-9,11-12H2,1-4H3,(H,22,24)/p+1. The monoisotopic (exact) mass is 387 g/mol. The van der Waals surface area contributed by atoms with Gasteiger partial charge >= 0.3 is 5.97 Å². The molecular weight excluding hydrogens is 360 g/mol. The highest BCUT2D eigenvalue weighted by atomic mass is 32.1. The van der Waals surface area contributed by atoms with Crippen LogP contribution in [0.1, 0.15) is 44.4 Å². The van der Waals surface area contributed by atoms with Gasteiger partial charge in [-0.05, 0) is 37.5 Å². The molecule has 0 saturated carbocycles. The van der Waals surface area contributed by atoms with Crippen molar-refractivity contribution in [3.63, 3.8) is 0 Å². The van der Waals surface area contributed by atoms with Crippen LogP contribution in [0, 0.1) is 13.8 Å². The summed E-state index contributed by atoms with van der Waals surface area (Å²) in [5.74, 6) is -0.473. The van der Waals surface area contributed by atoms with Crippen LogP contribution in [-0.2, 0) is 28.9 Å². The maximum Gasteiger partial charge on any atom is 0.341 e. The van der Waals surface area contributed by atoms with E-state index in [1.165, 1.54) is 33.8 Å². The number of hydrogen-bond acceptors (Lipinski definition) is 4. The molecule has 6 heteroatoms. The fourth-order valence-corrected chi connectivity index (χ4v) is 4.96. The Morgan fingerprint density at radius 1 is 1.30 bits per heavy atom. The Morgan fingerprint density at radius 2 is 2.07 bits per heavy atom. The van der Waals surface area contributed by atoms with E-state index in [1.807, 2.05) is 26.0 Å². The molecule has 0 aliphatic carbocycles. The lowest BCUT2D eigenvalue weighted by Gasteiger charge is -2.22. The lowest BCUT2D eigenvalue weighted by molar-refractivity contribution is -0.913. The van der Waals surface area contributed by atoms with Gasteiger partial charge in [-0.3, -0.25) is 4.79 Å². The number of carbonyl (C=O) groups excluding carboxylic acids is 2. The highest BCUT2D eigenvalue weighted by molar-refractivity contribution is 7.17. The SMILES string of the molecule is CC[NH+]1CCc2c(sc(NC(=O)Cc3ccc(C)cc3C)c2C(=O)OC)C1. The molecule has 1 aliphatic heterocycles. The Morgan fingerprint density at radius 3 is 2.74 bits per heavy atom. The number of amides is 1. The molecule has 0 spiro atoms. The van der Waals surface area contributed by atoms with Crippen molar-refractivity contribution in [2.45, 2.75) is 40.2 Å². The number of esters is 1. The summed E-state index contributed by atoms with van der Waals surface area (Å²) in [7, 11) is 1.39. The molecule has 1 unspecified atom stereocenters. The third-order valence-corrected chi connectivity index (χ3v) is 6.37. The van der Waals surface area contributed by atoms with Gasteiger partial charge in [0.1, 0.15) is 11.5 Å². The van der Waals surface area contributed by atoms with E-state index in [-0.39, 0.29) is 11.9 Å². The number of thiophene rings is 1. The predicted molar refractivity (Wildman–Crippen MR) is 108 cm³/mol. The zero-order valence-electron chi connectivity index (χ0n) is 16.4. The van der Waals surface area contributed by atoms with Gasteiger partial charge in [-0.1, -0.05) is 23.8 Å². The molecule has 0 radical (unpaired) electrons. The number of carbonyl (C=O) groups is 2. The molecule has 2 aromatic rings. The number of methoxy groups -OCH3 is 1. The van der Waals surface area contributed by atoms with Crippen LogP contribution in [0.5, 0.6) is 0 Å². The van der Waals surface area contributed by atoms with Crippen LogP contribution in [0.2, 0.25) is 0 Å². The zero-order valence-corrected chi connectivity index (χ0v) is 17.2. The minimum atomic E-state index is -0.366. The molecular formula is C21H27N2O3S+. The van der Waals surface area contributed by atoms with Crippen LogP contribution in [0.15, 0.2) is 18.2 Å². The summed E-state index contributed by atoms with van der Waals surface area (Å²) in [4.78, 5) is 27.7. The molecule has 27 heavy (non-hydrogen) atoms. The third kappa shape index (κ3) is 4.22. The smallest absolute Gasteiger partial charge is 0.341 e. The molecule has 1 atom stereocenters. The molecule has 1 aromatic heterocycles. The number of quaternary nitrogens is 1. The van der Waals surface area contributed by atoms with Crippen molar-refractivity contribution >= 4 is 28.2 Å². The Hall–Kier alpha value is -2.18. The maximum absolute atomic E-state index is 12.7. The topological polar surface area (TPSA) is 59.8 Å². The van der Waals surface area contributed by atoms with E-state index in [4.69, 9.17) is 4.74 Å². The normalized spacial score (nSPS) is 15.9. The third-order valence-electron chi connectivity index (χ3n) is 5.22. The molecule has 0 saturated heterocycles. The Bertz CT molecular complexity index is 873. The Kier molecular flexibility index (Phi) is 5.97. The molecule has 1 aliphatic rings. The second kappa shape index (κ2) is 8.23. The van der Waals surface area contributed by atoms with E-state index in [0.29, 0.717) is 17.0 Å². The lowest BCUT2D eigenvalue weighted by atomic mass is 10.0. The first-order valence-corrected chi connectivity index (χ1v) is 10.2. The van der Waals surface area contributed by atoms with Crippen molar-refractivity contribution in [3.8, 4) is 0 Å². The summed E-state index contributed by atoms with van der Waals surface area (Å²) in [6.07, 6.45) is 1.13. The Labute approximate surface area is 164 Å². The quantitative estimate of drug-likeness (QED) is 0.774. The molecule has 1 amide bonds. The number of ether oxygens (including phenoxy) is 1. The van der Waals surface area contributed by atoms with Gasteiger partial charge in [0.05, 0.1) is 37.1 Å². The fraction of sp³-hybridized carbons (Fsp3) is 0.429. The summed E-state index contributed by atoms with van der Waals surface area (Å²) in [6, 6.07) is 6.09. The van der Waals surface area contributed by atoms with E-state index in [0.717, 1.165) is 42.7 Å². The molecule has 2 heterocycles. The highest BCUT2D eigenvalue weighted by Crippen LogP contribution is 2.35. The molecule has 3 rings (SSSR count). The number of nitrogens with one attached hydrogen (secondary N) is 2. The maximum atomic E-state index is 12.7. The minimum Gasteiger partial charge on any atom is -0.465 e. The molecule has 144 valence electrons. The highest BCUT2D eigenvalue weighted by Gasteiger charge is 2.30. The van der Waals surface area contributed by atoms with Crippen LogP contribution in [0.25, 0.3) is 0 Å². The molecule has 2 N–H and O–H groups in total. The van der Waals surface area contributed by atoms with Crippen LogP contribution >= 0.6 is 11.3 Å². The van der Waals surface area contributed by atoms with Gasteiger partial charge in [-0.15, -0.1) is 11.3 Å². The van der Waals surface area contributed by atoms with Crippen molar-refractivity contribution in [1.82, 2.24) is 0 Å². The van der Waals surface area contributed by atoms with Crippen molar-refractivity contribution in [2.75, 3.05) is 25.5 Å². The fourth-order valence-electron chi connectivity index (χ4n) is 3.63. The van der Waals surface area contributed by atoms with Crippen LogP contribution in [-0.4, -0.2) is 32.1 Å². The first-order valence-electron chi connectivity index (χ1n) is 9.35. The second-order valence-electron chi connectivity index (χ2n) is 7.13. The van der Waals surface area contributed by atoms with Gasteiger partial charge in [0.15, 0.2) is 0 Å². The summed E-state index contributed by atoms with van der Waals surface area (Å²) < 4.78 is 5.00. The van der Waals surface area contributed by atoms with E-state index < -0.39 is 0 Å². The van der Waals surface area contributed by atoms with E-state index >= 15 is 0 Å². The van der Waals surface area contributed by atoms with Gasteiger partial charge in [-0.25, -0.2) is 4.79 Å². The largest absolute Gasteiger partial charge is 0.465 e. The van der Waals surface area contributed by atoms with Gasteiger partial charge in [0.2, 0.25) is 5.91 Å². The second-order valence-corrected chi connectivity index (χ2v) is 8.24. The number of fused-ring (bicyclic) bond motifs is 1. The van der Waals surface area contributed by atoms with Gasteiger partial charge < -0.3 is 15.0 Å². The number of aryl methyl sites for hydroxylation is 2. The molecule has 0 fully saturated rings. The summed E-state index contributed by atoms with van der Waals surface area (Å²) >= 11 is 1.52. The average molecular weight is 388 g/mol. The van der Waals surface area contributed by atoms with Crippen molar-refractivity contribution in [1.29, 1.82) is 0 Å². The summed E-state index contributed by atoms with van der Waals surface area (Å²) in [6.45, 7) is 9.17. The van der Waals surface area contributed by atoms with Crippen LogP contribution in [0.4, 0.5) is 5.00 Å². The summed E-state index contributed by atoms with van der Waals surface area (Å²) in [5.41, 5.74) is 4.87. The number of benzene rings is 1. The van der Waals surface area contributed by atoms with Crippen molar-refractivity contribution < 1.29 is 19.2 Å². The molecule has 0 bridgehead atoms. The minimum absolute atomic E-state index is 0.106. The predicted octanol–water partition coefficient (Wildman–Crippen LogP) is 2.29. The van der Waals surface area contributed by atoms with E-state index in [9.17, 15) is 9.59 Å². The average Bonchev–Trinajstić information content (AvgIpc) is 3.00. The lowest BCUT2D eigenvalue weighted by Crippen LogP contribution is -3.11. The van der Waals surface area contributed by atoms with Gasteiger partial charge in [-0.2, -0.15) is 0 Å². The Balaban J connectivity index is 1.84. The number of anilines is 1. The molecule has 1 aromatic carbocycles. The summed E-state index contributed by atoms with van der Waals surface area (Å²) in [5, 5.41) is 3.60. The number of hydrogen-bond donors (Lipinski definition) is 2. The van der Waals surface area contributed by atoms with Crippen molar-refractivity contribution in [3.05, 3.63) is 50.9 Å². The number of likely N-dealkylation sites (N-methyl/N-ethyl adjacent to an activating group) is 1. The van der Waals surface area contributed by atoms with E-state index in [2.05, 4.69) is 18.3 Å². The van der Waals surface area contributed by atoms with Crippen LogP contribution < -0.4 is 10.2 Å². The molecule has 5 nitrogen and oxygen atoms in total. The van der Waals surface area contributed by atoms with E-state index in [1.54, 1.807) is 0 Å². The zero-order chi connectivity index (χ0) is 19.6. The van der Waals surface area contributed by atoms with Gasteiger partial charge in [0.25, 0.3) is 0 Å². The van der Waals surface area contributed by atoms with Gasteiger partial charge in [0, 0.05) is 6.42 Å². The first-order chi connectivity index (χ1) is 12.9. The van der Waals surface area contributed by atoms with Crippen molar-refractivity contribution in [2.24, 2.45) is 0 Å². The van der Waals surface area contributed by atoms with Crippen LogP contribution in [0.3, 0.4) is 0 Å².